The molecule has 1 atom stereocenters. The molecule has 0 fully saturated rings. The van der Waals surface area contributed by atoms with Crippen LogP contribution in [0.4, 0.5) is 0 Å². The van der Waals surface area contributed by atoms with Crippen LogP contribution in [-0.4, -0.2) is 6.54 Å². The number of rotatable bonds is 4. The maximum Gasteiger partial charge on any atom is 0.0606 e. The summed E-state index contributed by atoms with van der Waals surface area (Å²) < 4.78 is 0. The van der Waals surface area contributed by atoms with Gasteiger partial charge in [0.05, 0.1) is 6.04 Å². The summed E-state index contributed by atoms with van der Waals surface area (Å²) in [6.45, 7) is 9.16. The van der Waals surface area contributed by atoms with Crippen LogP contribution in [0.1, 0.15) is 40.8 Å². The molecule has 2 rings (SSSR count). The first kappa shape index (κ1) is 16.4. The third-order valence-electron chi connectivity index (χ3n) is 3.80. The van der Waals surface area contributed by atoms with Crippen molar-refractivity contribution >= 4 is 23.2 Å². The summed E-state index contributed by atoms with van der Waals surface area (Å²) in [5, 5.41) is 5.05. The van der Waals surface area contributed by atoms with Gasteiger partial charge in [-0.15, -0.1) is 0 Å². The van der Waals surface area contributed by atoms with Crippen molar-refractivity contribution in [2.75, 3.05) is 6.54 Å². The van der Waals surface area contributed by atoms with E-state index in [2.05, 4.69) is 44.3 Å². The first-order chi connectivity index (χ1) is 9.93. The SMILES string of the molecule is CCNC(c1ccc(C)cc1Cl)c1cc(C)c(C)cc1Cl. The maximum absolute atomic E-state index is 6.48. The number of nitrogens with one attached hydrogen (secondary N) is 1. The van der Waals surface area contributed by atoms with Crippen LogP contribution in [0.2, 0.25) is 10.0 Å². The lowest BCUT2D eigenvalue weighted by Crippen LogP contribution is -2.23. The second-order valence-corrected chi connectivity index (χ2v) is 6.29. The van der Waals surface area contributed by atoms with Crippen molar-refractivity contribution in [1.29, 1.82) is 0 Å². The van der Waals surface area contributed by atoms with Gasteiger partial charge in [-0.3, -0.25) is 0 Å². The Morgan fingerprint density at radius 3 is 2.14 bits per heavy atom. The van der Waals surface area contributed by atoms with Gasteiger partial charge in [0.15, 0.2) is 0 Å². The van der Waals surface area contributed by atoms with Crippen LogP contribution in [0.3, 0.4) is 0 Å². The highest BCUT2D eigenvalue weighted by Crippen LogP contribution is 2.34. The zero-order valence-corrected chi connectivity index (χ0v) is 14.4. The van der Waals surface area contributed by atoms with E-state index < -0.39 is 0 Å². The Hall–Kier alpha value is -1.02. The monoisotopic (exact) mass is 321 g/mol. The minimum Gasteiger partial charge on any atom is -0.306 e. The molecule has 2 aromatic carbocycles. The van der Waals surface area contributed by atoms with Gasteiger partial charge in [-0.05, 0) is 67.3 Å². The first-order valence-corrected chi connectivity index (χ1v) is 7.95. The van der Waals surface area contributed by atoms with Gasteiger partial charge in [0.2, 0.25) is 0 Å². The fourth-order valence-electron chi connectivity index (χ4n) is 2.48. The van der Waals surface area contributed by atoms with Gasteiger partial charge in [0, 0.05) is 10.0 Å². The van der Waals surface area contributed by atoms with Crippen LogP contribution < -0.4 is 5.32 Å². The predicted octanol–water partition coefficient (Wildman–Crippen LogP) is 5.62. The van der Waals surface area contributed by atoms with E-state index in [9.17, 15) is 0 Å². The van der Waals surface area contributed by atoms with E-state index in [0.29, 0.717) is 0 Å². The molecule has 1 N–H and O–H groups in total. The second-order valence-electron chi connectivity index (χ2n) is 5.47. The zero-order chi connectivity index (χ0) is 15.6. The van der Waals surface area contributed by atoms with Crippen LogP contribution in [-0.2, 0) is 0 Å². The van der Waals surface area contributed by atoms with Crippen LogP contribution in [0.15, 0.2) is 30.3 Å². The topological polar surface area (TPSA) is 12.0 Å². The van der Waals surface area contributed by atoms with E-state index in [1.807, 2.05) is 19.1 Å². The zero-order valence-electron chi connectivity index (χ0n) is 12.9. The van der Waals surface area contributed by atoms with Gasteiger partial charge in [0.1, 0.15) is 0 Å². The third kappa shape index (κ3) is 3.60. The van der Waals surface area contributed by atoms with Crippen molar-refractivity contribution in [2.45, 2.75) is 33.7 Å². The average molecular weight is 322 g/mol. The standard InChI is InChI=1S/C18H21Cl2N/c1-5-21-18(14-7-6-11(2)8-16(14)19)15-9-12(3)13(4)10-17(15)20/h6-10,18,21H,5H2,1-4H3. The lowest BCUT2D eigenvalue weighted by Gasteiger charge is -2.22. The molecule has 0 saturated carbocycles. The molecule has 0 bridgehead atoms. The molecule has 21 heavy (non-hydrogen) atoms. The Balaban J connectivity index is 2.55. The van der Waals surface area contributed by atoms with Crippen LogP contribution in [0.25, 0.3) is 0 Å². The van der Waals surface area contributed by atoms with E-state index in [-0.39, 0.29) is 6.04 Å². The predicted molar refractivity (Wildman–Crippen MR) is 92.6 cm³/mol. The van der Waals surface area contributed by atoms with Gasteiger partial charge in [0.25, 0.3) is 0 Å². The highest BCUT2D eigenvalue weighted by molar-refractivity contribution is 6.32. The van der Waals surface area contributed by atoms with Crippen molar-refractivity contribution in [2.24, 2.45) is 0 Å². The summed E-state index contributed by atoms with van der Waals surface area (Å²) in [5.41, 5.74) is 5.74. The highest BCUT2D eigenvalue weighted by atomic mass is 35.5. The molecule has 0 aliphatic rings. The highest BCUT2D eigenvalue weighted by Gasteiger charge is 2.19. The summed E-state index contributed by atoms with van der Waals surface area (Å²) in [7, 11) is 0. The van der Waals surface area contributed by atoms with Crippen LogP contribution in [0, 0.1) is 20.8 Å². The molecule has 0 aromatic heterocycles. The van der Waals surface area contributed by atoms with Gasteiger partial charge in [-0.25, -0.2) is 0 Å². The molecule has 1 unspecified atom stereocenters. The minimum atomic E-state index is 0.00917. The summed E-state index contributed by atoms with van der Waals surface area (Å²) in [5.74, 6) is 0. The molecule has 112 valence electrons. The van der Waals surface area contributed by atoms with Crippen molar-refractivity contribution in [3.05, 3.63) is 68.2 Å². The molecule has 1 nitrogen and oxygen atoms in total. The lowest BCUT2D eigenvalue weighted by molar-refractivity contribution is 0.630. The van der Waals surface area contributed by atoms with Crippen molar-refractivity contribution in [3.63, 3.8) is 0 Å². The van der Waals surface area contributed by atoms with E-state index in [1.54, 1.807) is 0 Å². The Bertz CT molecular complexity index is 650. The Morgan fingerprint density at radius 2 is 1.52 bits per heavy atom. The summed E-state index contributed by atoms with van der Waals surface area (Å²) in [6.07, 6.45) is 0. The number of aryl methyl sites for hydroxylation is 3. The van der Waals surface area contributed by atoms with Gasteiger partial charge < -0.3 is 5.32 Å². The molecular formula is C18H21Cl2N. The quantitative estimate of drug-likeness (QED) is 0.770. The number of hydrogen-bond acceptors (Lipinski definition) is 1. The van der Waals surface area contributed by atoms with Gasteiger partial charge in [-0.2, -0.15) is 0 Å². The van der Waals surface area contributed by atoms with E-state index in [0.717, 1.165) is 33.3 Å². The molecule has 0 aliphatic carbocycles. The Labute approximate surface area is 137 Å². The molecule has 2 aromatic rings. The number of benzene rings is 2. The second kappa shape index (κ2) is 6.83. The molecule has 0 spiro atoms. The summed E-state index contributed by atoms with van der Waals surface area (Å²) in [6, 6.07) is 10.3. The van der Waals surface area contributed by atoms with Gasteiger partial charge >= 0.3 is 0 Å². The van der Waals surface area contributed by atoms with Crippen LogP contribution >= 0.6 is 23.2 Å². The molecule has 0 saturated heterocycles. The van der Waals surface area contributed by atoms with E-state index in [1.165, 1.54) is 11.1 Å². The van der Waals surface area contributed by atoms with Crippen molar-refractivity contribution < 1.29 is 0 Å². The Kier molecular flexibility index (Phi) is 5.32. The fourth-order valence-corrected chi connectivity index (χ4v) is 3.15. The van der Waals surface area contributed by atoms with E-state index >= 15 is 0 Å². The Morgan fingerprint density at radius 1 is 0.905 bits per heavy atom. The minimum absolute atomic E-state index is 0.00917. The lowest BCUT2D eigenvalue weighted by atomic mass is 9.94. The normalized spacial score (nSPS) is 12.5. The van der Waals surface area contributed by atoms with Crippen molar-refractivity contribution in [1.82, 2.24) is 5.32 Å². The number of hydrogen-bond donors (Lipinski definition) is 1. The van der Waals surface area contributed by atoms with Crippen molar-refractivity contribution in [3.8, 4) is 0 Å². The molecule has 0 heterocycles. The largest absolute Gasteiger partial charge is 0.306 e. The summed E-state index contributed by atoms with van der Waals surface area (Å²) in [4.78, 5) is 0. The molecule has 3 heteroatoms. The van der Waals surface area contributed by atoms with Gasteiger partial charge in [-0.1, -0.05) is 48.3 Å². The smallest absolute Gasteiger partial charge is 0.0606 e. The third-order valence-corrected chi connectivity index (χ3v) is 4.45. The average Bonchev–Trinajstić information content (AvgIpc) is 2.41. The van der Waals surface area contributed by atoms with Crippen LogP contribution in [0.5, 0.6) is 0 Å². The van der Waals surface area contributed by atoms with E-state index in [4.69, 9.17) is 23.2 Å². The molecule has 0 amide bonds. The summed E-state index contributed by atoms with van der Waals surface area (Å²) >= 11 is 12.9. The first-order valence-electron chi connectivity index (χ1n) is 7.20. The molecule has 0 aliphatic heterocycles. The fraction of sp³-hybridized carbons (Fsp3) is 0.333. The maximum atomic E-state index is 6.48. The molecular weight excluding hydrogens is 301 g/mol. The molecule has 0 radical (unpaired) electrons. The number of halogens is 2.